The van der Waals surface area contributed by atoms with E-state index in [9.17, 15) is 0 Å². The summed E-state index contributed by atoms with van der Waals surface area (Å²) in [7, 11) is 0. The fourth-order valence-electron chi connectivity index (χ4n) is 4.60. The maximum absolute atomic E-state index is 6.67. The summed E-state index contributed by atoms with van der Waals surface area (Å²) in [5.41, 5.74) is 6.31. The second-order valence-electron chi connectivity index (χ2n) is 8.22. The lowest BCUT2D eigenvalue weighted by Gasteiger charge is -2.43. The Labute approximate surface area is 178 Å². The molecule has 4 aromatic carbocycles. The Kier molecular flexibility index (Phi) is 4.80. The van der Waals surface area contributed by atoms with Crippen LogP contribution < -0.4 is 4.74 Å². The fraction of sp³-hybridized carbons (Fsp3) is 0.214. The summed E-state index contributed by atoms with van der Waals surface area (Å²) in [5, 5.41) is 2.52. The minimum absolute atomic E-state index is 0.115. The first-order chi connectivity index (χ1) is 14.7. The number of nitrogens with zero attached hydrogens (tertiary/aromatic N) is 1. The average Bonchev–Trinajstić information content (AvgIpc) is 2.79. The van der Waals surface area contributed by atoms with E-state index in [2.05, 4.69) is 111 Å². The SMILES string of the molecule is CCN1C(c2ccc(C)cc2)Oc2ccc3ccccc3c2C1c1ccc(C)cc1. The van der Waals surface area contributed by atoms with Gasteiger partial charge in [0.25, 0.3) is 0 Å². The van der Waals surface area contributed by atoms with E-state index < -0.39 is 0 Å². The van der Waals surface area contributed by atoms with Crippen LogP contribution in [-0.2, 0) is 0 Å². The molecular weight excluding hydrogens is 366 g/mol. The highest BCUT2D eigenvalue weighted by Crippen LogP contribution is 2.48. The maximum Gasteiger partial charge on any atom is 0.179 e. The van der Waals surface area contributed by atoms with Crippen molar-refractivity contribution in [3.05, 3.63) is 113 Å². The van der Waals surface area contributed by atoms with Crippen LogP contribution in [0.3, 0.4) is 0 Å². The summed E-state index contributed by atoms with van der Waals surface area (Å²) in [6, 6.07) is 30.8. The molecule has 0 saturated heterocycles. The molecule has 1 heterocycles. The van der Waals surface area contributed by atoms with Gasteiger partial charge in [-0.3, -0.25) is 4.90 Å². The van der Waals surface area contributed by atoms with Crippen molar-refractivity contribution >= 4 is 10.8 Å². The van der Waals surface area contributed by atoms with Crippen molar-refractivity contribution in [1.29, 1.82) is 0 Å². The lowest BCUT2D eigenvalue weighted by atomic mass is 9.89. The van der Waals surface area contributed by atoms with Crippen molar-refractivity contribution in [1.82, 2.24) is 4.90 Å². The molecular formula is C28H27NO. The number of rotatable bonds is 3. The molecule has 0 aliphatic carbocycles. The van der Waals surface area contributed by atoms with Gasteiger partial charge >= 0.3 is 0 Å². The van der Waals surface area contributed by atoms with E-state index in [-0.39, 0.29) is 12.3 Å². The van der Waals surface area contributed by atoms with E-state index in [1.165, 1.54) is 38.6 Å². The zero-order valence-corrected chi connectivity index (χ0v) is 17.8. The van der Waals surface area contributed by atoms with Gasteiger partial charge < -0.3 is 4.74 Å². The van der Waals surface area contributed by atoms with Crippen molar-refractivity contribution in [3.63, 3.8) is 0 Å². The summed E-state index contributed by atoms with van der Waals surface area (Å²) in [4.78, 5) is 2.48. The molecule has 0 bridgehead atoms. The molecule has 150 valence electrons. The summed E-state index contributed by atoms with van der Waals surface area (Å²) in [5.74, 6) is 0.981. The Morgan fingerprint density at radius 1 is 0.733 bits per heavy atom. The Morgan fingerprint density at radius 3 is 2.03 bits per heavy atom. The molecule has 0 amide bonds. The molecule has 0 N–H and O–H groups in total. The molecule has 0 saturated carbocycles. The zero-order chi connectivity index (χ0) is 20.7. The van der Waals surface area contributed by atoms with Crippen LogP contribution in [0, 0.1) is 13.8 Å². The first-order valence-corrected chi connectivity index (χ1v) is 10.7. The third-order valence-electron chi connectivity index (χ3n) is 6.20. The highest BCUT2D eigenvalue weighted by atomic mass is 16.5. The van der Waals surface area contributed by atoms with E-state index >= 15 is 0 Å². The fourth-order valence-corrected chi connectivity index (χ4v) is 4.60. The lowest BCUT2D eigenvalue weighted by molar-refractivity contribution is -0.0149. The van der Waals surface area contributed by atoms with Crippen LogP contribution in [0.15, 0.2) is 84.9 Å². The predicted molar refractivity (Wildman–Crippen MR) is 124 cm³/mol. The normalized spacial score (nSPS) is 18.8. The van der Waals surface area contributed by atoms with Gasteiger partial charge in [-0.2, -0.15) is 0 Å². The minimum atomic E-state index is -0.115. The topological polar surface area (TPSA) is 12.5 Å². The molecule has 30 heavy (non-hydrogen) atoms. The number of aryl methyl sites for hydroxylation is 2. The molecule has 1 aliphatic heterocycles. The minimum Gasteiger partial charge on any atom is -0.470 e. The quantitative estimate of drug-likeness (QED) is 0.373. The molecule has 2 nitrogen and oxygen atoms in total. The number of fused-ring (bicyclic) bond motifs is 3. The Bertz CT molecular complexity index is 1180. The van der Waals surface area contributed by atoms with Crippen molar-refractivity contribution in [2.75, 3.05) is 6.54 Å². The standard InChI is InChI=1S/C28H27NO/c1-4-29-27(22-13-9-19(2)10-14-22)26-24-8-6-5-7-21(24)17-18-25(26)30-28(29)23-15-11-20(3)12-16-23/h5-18,27-28H,4H2,1-3H3. The van der Waals surface area contributed by atoms with Gasteiger partial charge in [-0.25, -0.2) is 0 Å². The summed E-state index contributed by atoms with van der Waals surface area (Å²) < 4.78 is 6.67. The van der Waals surface area contributed by atoms with Crippen molar-refractivity contribution in [3.8, 4) is 5.75 Å². The molecule has 0 radical (unpaired) electrons. The van der Waals surface area contributed by atoms with Crippen molar-refractivity contribution in [2.45, 2.75) is 33.0 Å². The number of hydrogen-bond donors (Lipinski definition) is 0. The predicted octanol–water partition coefficient (Wildman–Crippen LogP) is 6.96. The van der Waals surface area contributed by atoms with Crippen LogP contribution in [-0.4, -0.2) is 11.4 Å². The highest BCUT2D eigenvalue weighted by molar-refractivity contribution is 5.89. The number of hydrogen-bond acceptors (Lipinski definition) is 2. The first-order valence-electron chi connectivity index (χ1n) is 10.7. The van der Waals surface area contributed by atoms with Gasteiger partial charge in [-0.05, 0) is 36.2 Å². The maximum atomic E-state index is 6.67. The summed E-state index contributed by atoms with van der Waals surface area (Å²) >= 11 is 0. The van der Waals surface area contributed by atoms with Crippen molar-refractivity contribution in [2.24, 2.45) is 0 Å². The van der Waals surface area contributed by atoms with E-state index in [1.807, 2.05) is 0 Å². The molecule has 5 rings (SSSR count). The van der Waals surface area contributed by atoms with Gasteiger partial charge in [0, 0.05) is 17.7 Å². The molecule has 0 spiro atoms. The van der Waals surface area contributed by atoms with Gasteiger partial charge in [-0.1, -0.05) is 96.9 Å². The third-order valence-corrected chi connectivity index (χ3v) is 6.20. The molecule has 2 heteroatoms. The van der Waals surface area contributed by atoms with E-state index in [1.54, 1.807) is 0 Å². The van der Waals surface area contributed by atoms with Crippen LogP contribution in [0.1, 0.15) is 47.0 Å². The smallest absolute Gasteiger partial charge is 0.179 e. The van der Waals surface area contributed by atoms with Gasteiger partial charge in [0.15, 0.2) is 6.23 Å². The Balaban J connectivity index is 1.75. The molecule has 1 aliphatic rings. The van der Waals surface area contributed by atoms with Crippen LogP contribution >= 0.6 is 0 Å². The first kappa shape index (κ1) is 18.9. The monoisotopic (exact) mass is 393 g/mol. The summed E-state index contributed by atoms with van der Waals surface area (Å²) in [6.07, 6.45) is -0.115. The second-order valence-corrected chi connectivity index (χ2v) is 8.22. The molecule has 2 unspecified atom stereocenters. The molecule has 2 atom stereocenters. The Morgan fingerprint density at radius 2 is 1.37 bits per heavy atom. The van der Waals surface area contributed by atoms with E-state index in [4.69, 9.17) is 4.74 Å². The summed E-state index contributed by atoms with van der Waals surface area (Å²) in [6.45, 7) is 7.38. The number of benzene rings is 4. The van der Waals surface area contributed by atoms with E-state index in [0.717, 1.165) is 12.3 Å². The van der Waals surface area contributed by atoms with Gasteiger partial charge in [0.05, 0.1) is 6.04 Å². The highest BCUT2D eigenvalue weighted by Gasteiger charge is 2.37. The average molecular weight is 394 g/mol. The molecule has 0 fully saturated rings. The number of ether oxygens (including phenoxy) is 1. The van der Waals surface area contributed by atoms with Crippen LogP contribution in [0.2, 0.25) is 0 Å². The van der Waals surface area contributed by atoms with Gasteiger partial charge in [0.2, 0.25) is 0 Å². The van der Waals surface area contributed by atoms with Crippen LogP contribution in [0.4, 0.5) is 0 Å². The molecule has 4 aromatic rings. The Hall–Kier alpha value is -3.10. The van der Waals surface area contributed by atoms with E-state index in [0.29, 0.717) is 0 Å². The van der Waals surface area contributed by atoms with Crippen molar-refractivity contribution < 1.29 is 4.74 Å². The van der Waals surface area contributed by atoms with Gasteiger partial charge in [-0.15, -0.1) is 0 Å². The zero-order valence-electron chi connectivity index (χ0n) is 17.8. The third kappa shape index (κ3) is 3.18. The lowest BCUT2D eigenvalue weighted by Crippen LogP contribution is -2.40. The van der Waals surface area contributed by atoms with Crippen LogP contribution in [0.5, 0.6) is 5.75 Å². The second kappa shape index (κ2) is 7.62. The van der Waals surface area contributed by atoms with Gasteiger partial charge in [0.1, 0.15) is 5.75 Å². The molecule has 0 aromatic heterocycles. The van der Waals surface area contributed by atoms with Crippen LogP contribution in [0.25, 0.3) is 10.8 Å². The largest absolute Gasteiger partial charge is 0.470 e.